The van der Waals surface area contributed by atoms with E-state index in [2.05, 4.69) is 0 Å². The highest BCUT2D eigenvalue weighted by molar-refractivity contribution is 6.36. The van der Waals surface area contributed by atoms with E-state index >= 15 is 0 Å². The van der Waals surface area contributed by atoms with Crippen molar-refractivity contribution in [2.75, 3.05) is 0 Å². The van der Waals surface area contributed by atoms with E-state index in [1.54, 1.807) is 6.07 Å². The zero-order chi connectivity index (χ0) is 11.5. The summed E-state index contributed by atoms with van der Waals surface area (Å²) < 4.78 is 1.95. The number of aldehydes is 1. The van der Waals surface area contributed by atoms with Gasteiger partial charge in [0.25, 0.3) is 0 Å². The van der Waals surface area contributed by atoms with Crippen molar-refractivity contribution in [2.24, 2.45) is 0 Å². The number of aromatic nitrogens is 1. The fourth-order valence-electron chi connectivity index (χ4n) is 1.69. The predicted molar refractivity (Wildman–Crippen MR) is 67.1 cm³/mol. The first-order chi connectivity index (χ1) is 7.76. The summed E-state index contributed by atoms with van der Waals surface area (Å²) in [4.78, 5) is 10.8. The average molecular weight is 254 g/mol. The zero-order valence-electron chi connectivity index (χ0n) is 8.36. The van der Waals surface area contributed by atoms with Crippen molar-refractivity contribution in [3.8, 4) is 0 Å². The number of nitrogens with zero attached hydrogens (tertiary/aromatic N) is 1. The van der Waals surface area contributed by atoms with Gasteiger partial charge in [0.05, 0.1) is 6.54 Å². The molecule has 2 rings (SSSR count). The van der Waals surface area contributed by atoms with Crippen LogP contribution in [-0.4, -0.2) is 10.9 Å². The summed E-state index contributed by atoms with van der Waals surface area (Å²) >= 11 is 11.4. The lowest BCUT2D eigenvalue weighted by Crippen LogP contribution is -1.95. The first-order valence-corrected chi connectivity index (χ1v) is 5.55. The molecule has 0 unspecified atom stereocenters. The summed E-state index contributed by atoms with van der Waals surface area (Å²) in [6.45, 7) is 0.511. The third kappa shape index (κ3) is 1.99. The van der Waals surface area contributed by atoms with Gasteiger partial charge in [-0.25, -0.2) is 0 Å². The van der Waals surface area contributed by atoms with Gasteiger partial charge in [-0.15, -0.1) is 0 Å². The van der Waals surface area contributed by atoms with E-state index in [-0.39, 0.29) is 0 Å². The third-order valence-corrected chi connectivity index (χ3v) is 3.02. The number of carbonyl (C=O) groups is 1. The molecule has 0 saturated heterocycles. The molecular formula is C12H9Cl2NO. The molecular weight excluding hydrogens is 245 g/mol. The van der Waals surface area contributed by atoms with Gasteiger partial charge < -0.3 is 4.57 Å². The zero-order valence-corrected chi connectivity index (χ0v) is 9.87. The van der Waals surface area contributed by atoms with Gasteiger partial charge >= 0.3 is 0 Å². The molecule has 0 radical (unpaired) electrons. The van der Waals surface area contributed by atoms with Crippen LogP contribution in [0.2, 0.25) is 0 Å². The predicted octanol–water partition coefficient (Wildman–Crippen LogP) is 3.77. The summed E-state index contributed by atoms with van der Waals surface area (Å²) in [5.41, 5.74) is 3.00. The standard InChI is InChI=1S/C12H9Cl2NO/c13-6-10(14)7-15-5-4-11-9(8-16)2-1-3-12(11)15/h1-6,8H,7H2. The summed E-state index contributed by atoms with van der Waals surface area (Å²) in [5, 5.41) is 1.48. The third-order valence-electron chi connectivity index (χ3n) is 2.41. The highest BCUT2D eigenvalue weighted by Gasteiger charge is 2.05. The van der Waals surface area contributed by atoms with Crippen LogP contribution >= 0.6 is 23.2 Å². The minimum absolute atomic E-state index is 0.511. The molecule has 0 fully saturated rings. The van der Waals surface area contributed by atoms with Gasteiger partial charge in [0.1, 0.15) is 0 Å². The Morgan fingerprint density at radius 2 is 2.19 bits per heavy atom. The highest BCUT2D eigenvalue weighted by atomic mass is 35.5. The molecule has 16 heavy (non-hydrogen) atoms. The lowest BCUT2D eigenvalue weighted by atomic mass is 10.1. The maximum absolute atomic E-state index is 10.8. The van der Waals surface area contributed by atoms with Crippen LogP contribution in [0.25, 0.3) is 10.9 Å². The minimum Gasteiger partial charge on any atom is -0.342 e. The lowest BCUT2D eigenvalue weighted by Gasteiger charge is -2.03. The summed E-state index contributed by atoms with van der Waals surface area (Å²) in [6.07, 6.45) is 2.74. The number of carbonyl (C=O) groups excluding carboxylic acids is 1. The van der Waals surface area contributed by atoms with Crippen molar-refractivity contribution in [2.45, 2.75) is 6.54 Å². The Hall–Kier alpha value is -1.25. The number of hydrogen-bond acceptors (Lipinski definition) is 1. The number of hydrogen-bond donors (Lipinski definition) is 0. The fraction of sp³-hybridized carbons (Fsp3) is 0.0833. The molecule has 0 N–H and O–H groups in total. The number of halogens is 2. The summed E-state index contributed by atoms with van der Waals surface area (Å²) in [7, 11) is 0. The first kappa shape index (κ1) is 11.2. The van der Waals surface area contributed by atoms with E-state index in [4.69, 9.17) is 23.2 Å². The second-order valence-electron chi connectivity index (χ2n) is 3.40. The fourth-order valence-corrected chi connectivity index (χ4v) is 1.88. The Balaban J connectivity index is 2.53. The monoisotopic (exact) mass is 253 g/mol. The lowest BCUT2D eigenvalue weighted by molar-refractivity contribution is 0.112. The number of rotatable bonds is 3. The molecule has 0 aliphatic carbocycles. The van der Waals surface area contributed by atoms with Crippen molar-refractivity contribution in [1.29, 1.82) is 0 Å². The molecule has 0 atom stereocenters. The Kier molecular flexibility index (Phi) is 3.32. The van der Waals surface area contributed by atoms with Crippen LogP contribution in [0.5, 0.6) is 0 Å². The van der Waals surface area contributed by atoms with Crippen LogP contribution in [0.3, 0.4) is 0 Å². The number of allylic oxidation sites excluding steroid dienone is 1. The summed E-state index contributed by atoms with van der Waals surface area (Å²) in [5.74, 6) is 0. The molecule has 2 aromatic rings. The van der Waals surface area contributed by atoms with Gasteiger partial charge in [-0.2, -0.15) is 0 Å². The molecule has 1 aromatic heterocycles. The van der Waals surface area contributed by atoms with Crippen LogP contribution in [-0.2, 0) is 6.54 Å². The van der Waals surface area contributed by atoms with E-state index in [9.17, 15) is 4.79 Å². The largest absolute Gasteiger partial charge is 0.342 e. The topological polar surface area (TPSA) is 22.0 Å². The first-order valence-electron chi connectivity index (χ1n) is 4.74. The van der Waals surface area contributed by atoms with Crippen LogP contribution in [0, 0.1) is 0 Å². The summed E-state index contributed by atoms with van der Waals surface area (Å²) in [6, 6.07) is 7.48. The number of fused-ring (bicyclic) bond motifs is 1. The quantitative estimate of drug-likeness (QED) is 0.764. The maximum Gasteiger partial charge on any atom is 0.150 e. The van der Waals surface area contributed by atoms with Crippen LogP contribution in [0.15, 0.2) is 41.0 Å². The molecule has 1 heterocycles. The molecule has 0 spiro atoms. The van der Waals surface area contributed by atoms with Gasteiger partial charge in [-0.1, -0.05) is 35.3 Å². The van der Waals surface area contributed by atoms with E-state index in [0.717, 1.165) is 17.2 Å². The normalized spacial score (nSPS) is 12.0. The molecule has 1 aromatic carbocycles. The van der Waals surface area contributed by atoms with Crippen molar-refractivity contribution >= 4 is 40.4 Å². The van der Waals surface area contributed by atoms with E-state index in [0.29, 0.717) is 17.1 Å². The Labute approximate surface area is 103 Å². The second-order valence-corrected chi connectivity index (χ2v) is 4.10. The van der Waals surface area contributed by atoms with Gasteiger partial charge in [0, 0.05) is 33.2 Å². The molecule has 2 nitrogen and oxygen atoms in total. The van der Waals surface area contributed by atoms with E-state index in [1.165, 1.54) is 5.54 Å². The average Bonchev–Trinajstić information content (AvgIpc) is 2.72. The molecule has 82 valence electrons. The second kappa shape index (κ2) is 4.73. The van der Waals surface area contributed by atoms with E-state index < -0.39 is 0 Å². The van der Waals surface area contributed by atoms with Crippen molar-refractivity contribution in [3.63, 3.8) is 0 Å². The van der Waals surface area contributed by atoms with E-state index in [1.807, 2.05) is 29.0 Å². The van der Waals surface area contributed by atoms with Gasteiger partial charge in [-0.05, 0) is 12.1 Å². The van der Waals surface area contributed by atoms with Crippen LogP contribution < -0.4 is 0 Å². The molecule has 4 heteroatoms. The highest BCUT2D eigenvalue weighted by Crippen LogP contribution is 2.21. The Morgan fingerprint density at radius 1 is 1.38 bits per heavy atom. The SMILES string of the molecule is O=Cc1cccc2c1ccn2CC(Cl)=CCl. The van der Waals surface area contributed by atoms with Crippen molar-refractivity contribution < 1.29 is 4.79 Å². The molecule has 0 amide bonds. The van der Waals surface area contributed by atoms with Crippen molar-refractivity contribution in [1.82, 2.24) is 4.57 Å². The van der Waals surface area contributed by atoms with Gasteiger partial charge in [0.15, 0.2) is 6.29 Å². The Morgan fingerprint density at radius 3 is 2.88 bits per heavy atom. The maximum atomic E-state index is 10.8. The Bertz CT molecular complexity index is 557. The van der Waals surface area contributed by atoms with Crippen LogP contribution in [0.1, 0.15) is 10.4 Å². The minimum atomic E-state index is 0.511. The molecule has 0 saturated carbocycles. The van der Waals surface area contributed by atoms with Gasteiger partial charge in [0.2, 0.25) is 0 Å². The molecule has 0 aliphatic rings. The molecule has 0 aliphatic heterocycles. The smallest absolute Gasteiger partial charge is 0.150 e. The van der Waals surface area contributed by atoms with Gasteiger partial charge in [-0.3, -0.25) is 4.79 Å². The van der Waals surface area contributed by atoms with Crippen molar-refractivity contribution in [3.05, 3.63) is 46.6 Å². The number of benzene rings is 1. The molecule has 0 bridgehead atoms. The van der Waals surface area contributed by atoms with Crippen LogP contribution in [0.4, 0.5) is 0 Å².